The first-order chi connectivity index (χ1) is 7.18. The van der Waals surface area contributed by atoms with E-state index in [2.05, 4.69) is 4.98 Å². The molecule has 2 aromatic rings. The van der Waals surface area contributed by atoms with Crippen molar-refractivity contribution in [2.75, 3.05) is 5.73 Å². The van der Waals surface area contributed by atoms with Crippen molar-refractivity contribution in [2.45, 2.75) is 6.92 Å². The maximum atomic E-state index is 11.5. The van der Waals surface area contributed by atoms with Gasteiger partial charge in [-0.05, 0) is 42.3 Å². The third kappa shape index (κ3) is 1.76. The van der Waals surface area contributed by atoms with Crippen molar-refractivity contribution >= 4 is 5.69 Å². The van der Waals surface area contributed by atoms with Crippen LogP contribution >= 0.6 is 0 Å². The van der Waals surface area contributed by atoms with Crippen molar-refractivity contribution in [2.24, 2.45) is 0 Å². The number of nitrogens with two attached hydrogens (primary N) is 1. The smallest absolute Gasteiger partial charge is 0.255 e. The Hall–Kier alpha value is -2.03. The zero-order valence-corrected chi connectivity index (χ0v) is 8.45. The summed E-state index contributed by atoms with van der Waals surface area (Å²) < 4.78 is 0. The molecule has 0 bridgehead atoms. The molecule has 0 spiro atoms. The molecule has 0 aliphatic carbocycles. The first-order valence-corrected chi connectivity index (χ1v) is 4.72. The van der Waals surface area contributed by atoms with Crippen molar-refractivity contribution in [3.63, 3.8) is 0 Å². The fourth-order valence-electron chi connectivity index (χ4n) is 1.49. The molecule has 3 nitrogen and oxygen atoms in total. The molecule has 2 rings (SSSR count). The number of H-pyrrole nitrogens is 1. The highest BCUT2D eigenvalue weighted by Gasteiger charge is 2.03. The lowest BCUT2D eigenvalue weighted by Crippen LogP contribution is -2.07. The second-order valence-corrected chi connectivity index (χ2v) is 3.48. The summed E-state index contributed by atoms with van der Waals surface area (Å²) in [6.45, 7) is 1.93. The van der Waals surface area contributed by atoms with Crippen LogP contribution in [0.25, 0.3) is 11.1 Å². The Balaban J connectivity index is 2.60. The van der Waals surface area contributed by atoms with Crippen molar-refractivity contribution in [3.8, 4) is 11.1 Å². The first kappa shape index (κ1) is 9.52. The third-order valence-corrected chi connectivity index (χ3v) is 2.40. The maximum Gasteiger partial charge on any atom is 0.255 e. The first-order valence-electron chi connectivity index (χ1n) is 4.72. The number of hydrogen-bond donors (Lipinski definition) is 2. The van der Waals surface area contributed by atoms with Gasteiger partial charge in [-0.25, -0.2) is 0 Å². The van der Waals surface area contributed by atoms with Gasteiger partial charge < -0.3 is 10.7 Å². The highest BCUT2D eigenvalue weighted by molar-refractivity contribution is 5.66. The molecule has 0 atom stereocenters. The molecule has 3 heteroatoms. The summed E-state index contributed by atoms with van der Waals surface area (Å²) in [5.74, 6) is 0. The molecule has 0 unspecified atom stereocenters. The Morgan fingerprint density at radius 2 is 2.07 bits per heavy atom. The summed E-state index contributed by atoms with van der Waals surface area (Å²) in [5.41, 5.74) is 8.92. The monoisotopic (exact) mass is 200 g/mol. The van der Waals surface area contributed by atoms with Crippen molar-refractivity contribution in [1.29, 1.82) is 0 Å². The van der Waals surface area contributed by atoms with Crippen LogP contribution in [0.15, 0.2) is 41.3 Å². The van der Waals surface area contributed by atoms with E-state index in [0.717, 1.165) is 16.8 Å². The molecule has 0 saturated carbocycles. The largest absolute Gasteiger partial charge is 0.399 e. The SMILES string of the molecule is Cc1cc(-c2ccc[nH]c2=O)ccc1N. The van der Waals surface area contributed by atoms with Gasteiger partial charge in [-0.15, -0.1) is 0 Å². The van der Waals surface area contributed by atoms with Crippen molar-refractivity contribution in [1.82, 2.24) is 4.98 Å². The molecule has 0 fully saturated rings. The van der Waals surface area contributed by atoms with Gasteiger partial charge in [-0.3, -0.25) is 4.79 Å². The molecule has 15 heavy (non-hydrogen) atoms. The zero-order chi connectivity index (χ0) is 10.8. The predicted molar refractivity (Wildman–Crippen MR) is 61.6 cm³/mol. The van der Waals surface area contributed by atoms with E-state index in [1.807, 2.05) is 31.2 Å². The van der Waals surface area contributed by atoms with Crippen LogP contribution in [0.1, 0.15) is 5.56 Å². The van der Waals surface area contributed by atoms with Crippen LogP contribution in [-0.4, -0.2) is 4.98 Å². The van der Waals surface area contributed by atoms with Gasteiger partial charge in [0.1, 0.15) is 0 Å². The van der Waals surface area contributed by atoms with E-state index < -0.39 is 0 Å². The lowest BCUT2D eigenvalue weighted by molar-refractivity contribution is 1.24. The highest BCUT2D eigenvalue weighted by atomic mass is 16.1. The topological polar surface area (TPSA) is 58.9 Å². The average molecular weight is 200 g/mol. The standard InChI is InChI=1S/C12H12N2O/c1-8-7-9(4-5-11(8)13)10-3-2-6-14-12(10)15/h2-7H,13H2,1H3,(H,14,15). The molecule has 76 valence electrons. The number of aromatic amines is 1. The van der Waals surface area contributed by atoms with Gasteiger partial charge in [0.2, 0.25) is 0 Å². The van der Waals surface area contributed by atoms with Crippen molar-refractivity contribution in [3.05, 3.63) is 52.4 Å². The van der Waals surface area contributed by atoms with E-state index in [0.29, 0.717) is 5.56 Å². The second-order valence-electron chi connectivity index (χ2n) is 3.48. The van der Waals surface area contributed by atoms with Crippen LogP contribution in [0.3, 0.4) is 0 Å². The zero-order valence-electron chi connectivity index (χ0n) is 8.45. The van der Waals surface area contributed by atoms with E-state index >= 15 is 0 Å². The van der Waals surface area contributed by atoms with Gasteiger partial charge in [0.25, 0.3) is 5.56 Å². The predicted octanol–water partition coefficient (Wildman–Crippen LogP) is 1.93. The summed E-state index contributed by atoms with van der Waals surface area (Å²) >= 11 is 0. The van der Waals surface area contributed by atoms with Crippen LogP contribution in [0.4, 0.5) is 5.69 Å². The van der Waals surface area contributed by atoms with Gasteiger partial charge in [0.15, 0.2) is 0 Å². The molecule has 3 N–H and O–H groups in total. The maximum absolute atomic E-state index is 11.5. The molecule has 1 aromatic carbocycles. The number of aromatic nitrogens is 1. The van der Waals surface area contributed by atoms with Gasteiger partial charge in [0.05, 0.1) is 0 Å². The number of pyridine rings is 1. The Labute approximate surface area is 87.6 Å². The molecule has 1 aromatic heterocycles. The molecule has 0 saturated heterocycles. The highest BCUT2D eigenvalue weighted by Crippen LogP contribution is 2.20. The summed E-state index contributed by atoms with van der Waals surface area (Å²) in [7, 11) is 0. The molecule has 0 aliphatic rings. The van der Waals surface area contributed by atoms with E-state index in [9.17, 15) is 4.79 Å². The van der Waals surface area contributed by atoms with Gasteiger partial charge in [-0.1, -0.05) is 6.07 Å². The van der Waals surface area contributed by atoms with Gasteiger partial charge >= 0.3 is 0 Å². The molecular weight excluding hydrogens is 188 g/mol. The molecular formula is C12H12N2O. The quantitative estimate of drug-likeness (QED) is 0.691. The number of benzene rings is 1. The van der Waals surface area contributed by atoms with E-state index in [4.69, 9.17) is 5.73 Å². The Kier molecular flexibility index (Phi) is 2.29. The Morgan fingerprint density at radius 1 is 1.27 bits per heavy atom. The summed E-state index contributed by atoms with van der Waals surface area (Å²) in [4.78, 5) is 14.2. The van der Waals surface area contributed by atoms with Gasteiger partial charge in [-0.2, -0.15) is 0 Å². The van der Waals surface area contributed by atoms with Crippen LogP contribution in [0, 0.1) is 6.92 Å². The number of aryl methyl sites for hydroxylation is 1. The number of nitrogens with one attached hydrogen (secondary N) is 1. The van der Waals surface area contributed by atoms with Crippen molar-refractivity contribution < 1.29 is 0 Å². The van der Waals surface area contributed by atoms with Crippen LogP contribution < -0.4 is 11.3 Å². The Morgan fingerprint density at radius 3 is 2.73 bits per heavy atom. The second kappa shape index (κ2) is 3.61. The minimum absolute atomic E-state index is 0.0818. The van der Waals surface area contributed by atoms with E-state index in [1.54, 1.807) is 12.3 Å². The lowest BCUT2D eigenvalue weighted by Gasteiger charge is -2.04. The summed E-state index contributed by atoms with van der Waals surface area (Å²) in [5, 5.41) is 0. The normalized spacial score (nSPS) is 10.2. The molecule has 0 radical (unpaired) electrons. The minimum Gasteiger partial charge on any atom is -0.399 e. The molecule has 0 aliphatic heterocycles. The number of rotatable bonds is 1. The number of anilines is 1. The lowest BCUT2D eigenvalue weighted by atomic mass is 10.0. The Bertz CT molecular complexity index is 543. The van der Waals surface area contributed by atoms with E-state index in [-0.39, 0.29) is 5.56 Å². The minimum atomic E-state index is -0.0818. The summed E-state index contributed by atoms with van der Waals surface area (Å²) in [6.07, 6.45) is 1.62. The average Bonchev–Trinajstić information content (AvgIpc) is 2.23. The van der Waals surface area contributed by atoms with Gasteiger partial charge in [0, 0.05) is 17.4 Å². The van der Waals surface area contributed by atoms with Crippen LogP contribution in [-0.2, 0) is 0 Å². The number of hydrogen-bond acceptors (Lipinski definition) is 2. The molecule has 0 amide bonds. The van der Waals surface area contributed by atoms with Crippen LogP contribution in [0.2, 0.25) is 0 Å². The van der Waals surface area contributed by atoms with Crippen LogP contribution in [0.5, 0.6) is 0 Å². The summed E-state index contributed by atoms with van der Waals surface area (Å²) in [6, 6.07) is 9.19. The fraction of sp³-hybridized carbons (Fsp3) is 0.0833. The number of nitrogen functional groups attached to an aromatic ring is 1. The van der Waals surface area contributed by atoms with E-state index in [1.165, 1.54) is 0 Å². The fourth-order valence-corrected chi connectivity index (χ4v) is 1.49. The third-order valence-electron chi connectivity index (χ3n) is 2.40. The molecule has 1 heterocycles.